The highest BCUT2D eigenvalue weighted by Crippen LogP contribution is 2.22. The first kappa shape index (κ1) is 15.9. The van der Waals surface area contributed by atoms with Crippen LogP contribution in [0.3, 0.4) is 0 Å². The number of nitrogens with zero attached hydrogens (tertiary/aromatic N) is 1. The highest BCUT2D eigenvalue weighted by molar-refractivity contribution is 5.95. The Morgan fingerprint density at radius 2 is 2.00 bits per heavy atom. The summed E-state index contributed by atoms with van der Waals surface area (Å²) in [5, 5.41) is 14.0. The van der Waals surface area contributed by atoms with Gasteiger partial charge >= 0.3 is 6.03 Å². The molecule has 1 aliphatic carbocycles. The van der Waals surface area contributed by atoms with E-state index >= 15 is 0 Å². The first-order valence-corrected chi connectivity index (χ1v) is 7.10. The molecule has 0 atom stereocenters. The number of urea groups is 1. The molecule has 3 N–H and O–H groups in total. The summed E-state index contributed by atoms with van der Waals surface area (Å²) in [6.07, 6.45) is 5.31. The quantitative estimate of drug-likeness (QED) is 0.628. The van der Waals surface area contributed by atoms with Gasteiger partial charge in [0.25, 0.3) is 0 Å². The minimum atomic E-state index is -0.442. The number of hydrogen-bond donors (Lipinski definition) is 3. The van der Waals surface area contributed by atoms with Crippen molar-refractivity contribution in [1.29, 1.82) is 0 Å². The maximum atomic E-state index is 11.8. The zero-order valence-electron chi connectivity index (χ0n) is 11.7. The van der Waals surface area contributed by atoms with Crippen molar-refractivity contribution in [2.75, 3.05) is 26.2 Å². The predicted octanol–water partition coefficient (Wildman–Crippen LogP) is 0.459. The lowest BCUT2D eigenvalue weighted by Crippen LogP contribution is -2.47. The molecule has 0 aromatic rings. The van der Waals surface area contributed by atoms with Crippen molar-refractivity contribution in [2.24, 2.45) is 0 Å². The normalized spacial score (nSPS) is 15.7. The number of hydrogen-bond acceptors (Lipinski definition) is 4. The van der Waals surface area contributed by atoms with E-state index in [0.29, 0.717) is 19.1 Å². The number of nitrogens with one attached hydrogen (secondary N) is 2. The van der Waals surface area contributed by atoms with Gasteiger partial charge in [0.1, 0.15) is 0 Å². The molecule has 0 heterocycles. The van der Waals surface area contributed by atoms with E-state index in [1.54, 1.807) is 0 Å². The average Bonchev–Trinajstić information content (AvgIpc) is 2.89. The Kier molecular flexibility index (Phi) is 7.43. The second-order valence-electron chi connectivity index (χ2n) is 4.94. The Morgan fingerprint density at radius 1 is 1.32 bits per heavy atom. The van der Waals surface area contributed by atoms with Crippen LogP contribution in [0.2, 0.25) is 0 Å². The van der Waals surface area contributed by atoms with Crippen molar-refractivity contribution in [3.05, 3.63) is 0 Å². The molecule has 1 aliphatic rings. The topological polar surface area (TPSA) is 81.7 Å². The SMILES string of the molecule is CCCNC(=O)NC(=O)CN(CCO)C1CCCC1. The Hall–Kier alpha value is -1.14. The van der Waals surface area contributed by atoms with Gasteiger partial charge in [0, 0.05) is 19.1 Å². The van der Waals surface area contributed by atoms with Gasteiger partial charge in [-0.05, 0) is 19.3 Å². The number of aliphatic hydroxyl groups excluding tert-OH is 1. The molecule has 0 aliphatic heterocycles. The summed E-state index contributed by atoms with van der Waals surface area (Å²) in [4.78, 5) is 25.1. The fourth-order valence-electron chi connectivity index (χ4n) is 2.42. The molecule has 0 saturated heterocycles. The molecule has 0 unspecified atom stereocenters. The van der Waals surface area contributed by atoms with E-state index in [0.717, 1.165) is 19.3 Å². The molecule has 6 nitrogen and oxygen atoms in total. The maximum Gasteiger partial charge on any atom is 0.321 e. The van der Waals surface area contributed by atoms with Gasteiger partial charge in [-0.1, -0.05) is 19.8 Å². The van der Waals surface area contributed by atoms with Crippen LogP contribution >= 0.6 is 0 Å². The van der Waals surface area contributed by atoms with E-state index in [2.05, 4.69) is 10.6 Å². The minimum absolute atomic E-state index is 0.0335. The fraction of sp³-hybridized carbons (Fsp3) is 0.846. The van der Waals surface area contributed by atoms with Crippen molar-refractivity contribution in [2.45, 2.75) is 45.1 Å². The summed E-state index contributed by atoms with van der Waals surface area (Å²) in [6.45, 7) is 3.19. The van der Waals surface area contributed by atoms with Crippen LogP contribution in [0.5, 0.6) is 0 Å². The smallest absolute Gasteiger partial charge is 0.321 e. The number of carbonyl (C=O) groups is 2. The minimum Gasteiger partial charge on any atom is -0.395 e. The van der Waals surface area contributed by atoms with Crippen LogP contribution < -0.4 is 10.6 Å². The highest BCUT2D eigenvalue weighted by atomic mass is 16.3. The van der Waals surface area contributed by atoms with Gasteiger partial charge in [-0.25, -0.2) is 4.79 Å². The molecule has 110 valence electrons. The highest BCUT2D eigenvalue weighted by Gasteiger charge is 2.24. The molecule has 1 rings (SSSR count). The Balaban J connectivity index is 2.35. The van der Waals surface area contributed by atoms with Crippen LogP contribution in [-0.4, -0.2) is 54.2 Å². The third kappa shape index (κ3) is 6.02. The molecular formula is C13H25N3O3. The first-order valence-electron chi connectivity index (χ1n) is 7.10. The lowest BCUT2D eigenvalue weighted by molar-refractivity contribution is -0.121. The van der Waals surface area contributed by atoms with Gasteiger partial charge < -0.3 is 10.4 Å². The zero-order chi connectivity index (χ0) is 14.1. The van der Waals surface area contributed by atoms with E-state index in [9.17, 15) is 9.59 Å². The summed E-state index contributed by atoms with van der Waals surface area (Å²) in [7, 11) is 0. The zero-order valence-corrected chi connectivity index (χ0v) is 11.7. The third-order valence-corrected chi connectivity index (χ3v) is 3.36. The van der Waals surface area contributed by atoms with Crippen LogP contribution in [0.1, 0.15) is 39.0 Å². The fourth-order valence-corrected chi connectivity index (χ4v) is 2.42. The molecule has 0 bridgehead atoms. The van der Waals surface area contributed by atoms with Crippen molar-refractivity contribution in [3.8, 4) is 0 Å². The third-order valence-electron chi connectivity index (χ3n) is 3.36. The molecule has 0 radical (unpaired) electrons. The number of imide groups is 1. The molecular weight excluding hydrogens is 246 g/mol. The molecule has 0 spiro atoms. The summed E-state index contributed by atoms with van der Waals surface area (Å²) >= 11 is 0. The van der Waals surface area contributed by atoms with Gasteiger partial charge in [-0.15, -0.1) is 0 Å². The van der Waals surface area contributed by atoms with Crippen molar-refractivity contribution in [1.82, 2.24) is 15.5 Å². The second kappa shape index (κ2) is 8.87. The van der Waals surface area contributed by atoms with Crippen molar-refractivity contribution < 1.29 is 14.7 Å². The monoisotopic (exact) mass is 271 g/mol. The Bertz CT molecular complexity index is 291. The van der Waals surface area contributed by atoms with E-state index in [-0.39, 0.29) is 19.1 Å². The van der Waals surface area contributed by atoms with Crippen LogP contribution in [0.15, 0.2) is 0 Å². The van der Waals surface area contributed by atoms with E-state index in [4.69, 9.17) is 5.11 Å². The van der Waals surface area contributed by atoms with Gasteiger partial charge in [0.15, 0.2) is 0 Å². The summed E-state index contributed by atoms with van der Waals surface area (Å²) in [5.74, 6) is -0.311. The average molecular weight is 271 g/mol. The number of aliphatic hydroxyl groups is 1. The van der Waals surface area contributed by atoms with E-state index in [1.165, 1.54) is 12.8 Å². The maximum absolute atomic E-state index is 11.8. The van der Waals surface area contributed by atoms with Crippen molar-refractivity contribution >= 4 is 11.9 Å². The largest absolute Gasteiger partial charge is 0.395 e. The number of amides is 3. The van der Waals surface area contributed by atoms with Crippen LogP contribution in [0.4, 0.5) is 4.79 Å². The predicted molar refractivity (Wildman–Crippen MR) is 72.7 cm³/mol. The summed E-state index contributed by atoms with van der Waals surface area (Å²) < 4.78 is 0. The number of carbonyl (C=O) groups excluding carboxylic acids is 2. The van der Waals surface area contributed by atoms with Crippen LogP contribution in [-0.2, 0) is 4.79 Å². The van der Waals surface area contributed by atoms with Crippen LogP contribution in [0.25, 0.3) is 0 Å². The standard InChI is InChI=1S/C13H25N3O3/c1-2-7-14-13(19)15-12(18)10-16(8-9-17)11-5-3-4-6-11/h11,17H,2-10H2,1H3,(H2,14,15,18,19). The Labute approximate surface area is 114 Å². The van der Waals surface area contributed by atoms with Crippen molar-refractivity contribution in [3.63, 3.8) is 0 Å². The molecule has 0 aromatic heterocycles. The van der Waals surface area contributed by atoms with E-state index < -0.39 is 6.03 Å². The molecule has 6 heteroatoms. The first-order chi connectivity index (χ1) is 9.17. The summed E-state index contributed by atoms with van der Waals surface area (Å²) in [6, 6.07) is -0.0844. The lowest BCUT2D eigenvalue weighted by Gasteiger charge is -2.27. The summed E-state index contributed by atoms with van der Waals surface area (Å²) in [5.41, 5.74) is 0. The van der Waals surface area contributed by atoms with Gasteiger partial charge in [0.05, 0.1) is 13.2 Å². The molecule has 19 heavy (non-hydrogen) atoms. The molecule has 1 fully saturated rings. The lowest BCUT2D eigenvalue weighted by atomic mass is 10.2. The number of rotatable bonds is 7. The molecule has 3 amide bonds. The Morgan fingerprint density at radius 3 is 2.58 bits per heavy atom. The van der Waals surface area contributed by atoms with Crippen LogP contribution in [0, 0.1) is 0 Å². The van der Waals surface area contributed by atoms with Gasteiger partial charge in [-0.3, -0.25) is 15.0 Å². The van der Waals surface area contributed by atoms with Gasteiger partial charge in [0.2, 0.25) is 5.91 Å². The van der Waals surface area contributed by atoms with E-state index in [1.807, 2.05) is 11.8 Å². The molecule has 1 saturated carbocycles. The molecule has 0 aromatic carbocycles. The second-order valence-corrected chi connectivity index (χ2v) is 4.94. The van der Waals surface area contributed by atoms with Gasteiger partial charge in [-0.2, -0.15) is 0 Å².